The summed E-state index contributed by atoms with van der Waals surface area (Å²) < 4.78 is 18.3. The first-order chi connectivity index (χ1) is 16.6. The van der Waals surface area contributed by atoms with Crippen LogP contribution >= 0.6 is 23.1 Å². The van der Waals surface area contributed by atoms with Gasteiger partial charge in [-0.2, -0.15) is 0 Å². The van der Waals surface area contributed by atoms with E-state index in [4.69, 9.17) is 14.2 Å². The highest BCUT2D eigenvalue weighted by Gasteiger charge is 2.16. The summed E-state index contributed by atoms with van der Waals surface area (Å²) >= 11 is 2.68. The first kappa shape index (κ1) is 22.2. The van der Waals surface area contributed by atoms with Crippen LogP contribution in [0.15, 0.2) is 53.0 Å². The summed E-state index contributed by atoms with van der Waals surface area (Å²) in [4.78, 5) is 17.1. The molecule has 0 spiro atoms. The van der Waals surface area contributed by atoms with Crippen molar-refractivity contribution in [2.45, 2.75) is 12.1 Å². The van der Waals surface area contributed by atoms with Gasteiger partial charge < -0.3 is 19.5 Å². The maximum Gasteiger partial charge on any atom is 0.236 e. The zero-order valence-electron chi connectivity index (χ0n) is 18.5. The van der Waals surface area contributed by atoms with E-state index in [1.54, 1.807) is 7.11 Å². The SMILES string of the molecule is COc1ccc(-n2c(C)nnc2SCC(=O)Nc2nc(-c3ccc4c(c3)OCCO4)cs2)cc1. The molecule has 0 saturated heterocycles. The van der Waals surface area contributed by atoms with Gasteiger partial charge in [0.15, 0.2) is 21.8 Å². The molecule has 11 heteroatoms. The Balaban J connectivity index is 1.23. The molecule has 2 aromatic heterocycles. The minimum atomic E-state index is -0.171. The Kier molecular flexibility index (Phi) is 6.37. The van der Waals surface area contributed by atoms with Crippen LogP contribution in [0.25, 0.3) is 16.9 Å². The molecule has 1 aliphatic heterocycles. The van der Waals surface area contributed by atoms with Gasteiger partial charge in [0, 0.05) is 16.6 Å². The van der Waals surface area contributed by atoms with E-state index in [0.29, 0.717) is 29.3 Å². The van der Waals surface area contributed by atoms with Gasteiger partial charge in [0.1, 0.15) is 24.8 Å². The molecule has 0 bridgehead atoms. The van der Waals surface area contributed by atoms with Crippen molar-refractivity contribution in [1.29, 1.82) is 0 Å². The van der Waals surface area contributed by atoms with Crippen LogP contribution in [0.2, 0.25) is 0 Å². The van der Waals surface area contributed by atoms with E-state index in [-0.39, 0.29) is 11.7 Å². The number of thioether (sulfide) groups is 1. The molecule has 1 amide bonds. The highest BCUT2D eigenvalue weighted by molar-refractivity contribution is 7.99. The van der Waals surface area contributed by atoms with Crippen LogP contribution in [0, 0.1) is 6.92 Å². The smallest absolute Gasteiger partial charge is 0.236 e. The van der Waals surface area contributed by atoms with Crippen LogP contribution in [-0.2, 0) is 4.79 Å². The minimum Gasteiger partial charge on any atom is -0.497 e. The Morgan fingerprint density at radius 3 is 2.74 bits per heavy atom. The Morgan fingerprint density at radius 1 is 1.15 bits per heavy atom. The number of carbonyl (C=O) groups excluding carboxylic acids is 1. The van der Waals surface area contributed by atoms with Crippen LogP contribution in [0.4, 0.5) is 5.13 Å². The molecule has 0 aliphatic carbocycles. The number of benzene rings is 2. The summed E-state index contributed by atoms with van der Waals surface area (Å²) in [5.74, 6) is 2.94. The normalized spacial score (nSPS) is 12.4. The van der Waals surface area contributed by atoms with E-state index < -0.39 is 0 Å². The number of ether oxygens (including phenoxy) is 3. The second kappa shape index (κ2) is 9.74. The fraction of sp³-hybridized carbons (Fsp3) is 0.217. The van der Waals surface area contributed by atoms with Crippen molar-refractivity contribution in [3.05, 3.63) is 53.7 Å². The number of aromatic nitrogens is 4. The van der Waals surface area contributed by atoms with Gasteiger partial charge in [0.25, 0.3) is 0 Å². The highest BCUT2D eigenvalue weighted by Crippen LogP contribution is 2.35. The zero-order valence-corrected chi connectivity index (χ0v) is 20.1. The fourth-order valence-electron chi connectivity index (χ4n) is 3.42. The van der Waals surface area contributed by atoms with Gasteiger partial charge in [-0.1, -0.05) is 11.8 Å². The molecule has 1 N–H and O–H groups in total. The number of nitrogens with zero attached hydrogens (tertiary/aromatic N) is 4. The van der Waals surface area contributed by atoms with E-state index in [2.05, 4.69) is 20.5 Å². The van der Waals surface area contributed by atoms with E-state index >= 15 is 0 Å². The zero-order chi connectivity index (χ0) is 23.5. The van der Waals surface area contributed by atoms with Crippen LogP contribution in [0.5, 0.6) is 17.2 Å². The maximum absolute atomic E-state index is 12.6. The average Bonchev–Trinajstić information content (AvgIpc) is 3.49. The van der Waals surface area contributed by atoms with Crippen LogP contribution < -0.4 is 19.5 Å². The molecule has 0 radical (unpaired) electrons. The summed E-state index contributed by atoms with van der Waals surface area (Å²) in [7, 11) is 1.63. The quantitative estimate of drug-likeness (QED) is 0.381. The summed E-state index contributed by atoms with van der Waals surface area (Å²) in [6.07, 6.45) is 0. The van der Waals surface area contributed by atoms with Gasteiger partial charge in [0.05, 0.1) is 18.6 Å². The summed E-state index contributed by atoms with van der Waals surface area (Å²) in [6, 6.07) is 13.3. The molecule has 0 atom stereocenters. The number of hydrogen-bond acceptors (Lipinski definition) is 9. The molecule has 174 valence electrons. The highest BCUT2D eigenvalue weighted by atomic mass is 32.2. The number of methoxy groups -OCH3 is 1. The number of carbonyl (C=O) groups is 1. The second-order valence-corrected chi connectivity index (χ2v) is 9.10. The van der Waals surface area contributed by atoms with Gasteiger partial charge in [-0.15, -0.1) is 21.5 Å². The van der Waals surface area contributed by atoms with E-state index in [9.17, 15) is 4.79 Å². The average molecular weight is 496 g/mol. The fourth-order valence-corrected chi connectivity index (χ4v) is 4.95. The largest absolute Gasteiger partial charge is 0.497 e. The van der Waals surface area contributed by atoms with Gasteiger partial charge in [-0.25, -0.2) is 4.98 Å². The number of anilines is 1. The summed E-state index contributed by atoms with van der Waals surface area (Å²) in [5.41, 5.74) is 2.56. The Labute approximate surface area is 204 Å². The van der Waals surface area contributed by atoms with Gasteiger partial charge in [-0.05, 0) is 49.4 Å². The Bertz CT molecular complexity index is 1320. The van der Waals surface area contributed by atoms with Crippen molar-refractivity contribution >= 4 is 34.1 Å². The second-order valence-electron chi connectivity index (χ2n) is 7.30. The predicted molar refractivity (Wildman–Crippen MR) is 131 cm³/mol. The summed E-state index contributed by atoms with van der Waals surface area (Å²) in [5, 5.41) is 14.3. The number of nitrogens with one attached hydrogen (secondary N) is 1. The maximum atomic E-state index is 12.6. The molecule has 0 fully saturated rings. The number of thiazole rings is 1. The van der Waals surface area contributed by atoms with Crippen molar-refractivity contribution < 1.29 is 19.0 Å². The molecule has 4 aromatic rings. The van der Waals surface area contributed by atoms with Crippen molar-refractivity contribution in [3.8, 4) is 34.2 Å². The molecule has 5 rings (SSSR count). The lowest BCUT2D eigenvalue weighted by atomic mass is 10.1. The van der Waals surface area contributed by atoms with Gasteiger partial charge in [0.2, 0.25) is 5.91 Å². The standard InChI is InChI=1S/C23H21N5O4S2/c1-14-26-27-23(28(14)16-4-6-17(30-2)7-5-16)34-13-21(29)25-22-24-18(12-33-22)15-3-8-19-20(11-15)32-10-9-31-19/h3-8,11-12H,9-10,13H2,1-2H3,(H,24,25,29). The van der Waals surface area contributed by atoms with Crippen molar-refractivity contribution in [2.75, 3.05) is 31.4 Å². The van der Waals surface area contributed by atoms with Gasteiger partial charge in [-0.3, -0.25) is 9.36 Å². The molecule has 0 saturated carbocycles. The predicted octanol–water partition coefficient (Wildman–Crippen LogP) is 4.21. The van der Waals surface area contributed by atoms with E-state index in [0.717, 1.165) is 34.3 Å². The Morgan fingerprint density at radius 2 is 1.94 bits per heavy atom. The minimum absolute atomic E-state index is 0.171. The molecule has 3 heterocycles. The van der Waals surface area contributed by atoms with E-state index in [1.807, 2.05) is 59.3 Å². The lowest BCUT2D eigenvalue weighted by molar-refractivity contribution is -0.113. The number of rotatable bonds is 7. The van der Waals surface area contributed by atoms with Crippen molar-refractivity contribution in [1.82, 2.24) is 19.7 Å². The van der Waals surface area contributed by atoms with Crippen LogP contribution in [0.1, 0.15) is 5.82 Å². The number of hydrogen-bond donors (Lipinski definition) is 1. The lowest BCUT2D eigenvalue weighted by Gasteiger charge is -2.18. The summed E-state index contributed by atoms with van der Waals surface area (Å²) in [6.45, 7) is 2.95. The topological polar surface area (TPSA) is 100 Å². The third-order valence-corrected chi connectivity index (χ3v) is 6.73. The third kappa shape index (κ3) is 4.70. The van der Waals surface area contributed by atoms with Crippen molar-refractivity contribution in [2.24, 2.45) is 0 Å². The van der Waals surface area contributed by atoms with Crippen molar-refractivity contribution in [3.63, 3.8) is 0 Å². The van der Waals surface area contributed by atoms with E-state index in [1.165, 1.54) is 23.1 Å². The molecule has 34 heavy (non-hydrogen) atoms. The van der Waals surface area contributed by atoms with Gasteiger partial charge >= 0.3 is 0 Å². The Hall–Kier alpha value is -3.57. The monoisotopic (exact) mass is 495 g/mol. The number of aryl methyl sites for hydroxylation is 1. The molecule has 1 aliphatic rings. The van der Waals surface area contributed by atoms with Crippen LogP contribution in [0.3, 0.4) is 0 Å². The number of amides is 1. The molecular formula is C23H21N5O4S2. The molecule has 2 aromatic carbocycles. The number of fused-ring (bicyclic) bond motifs is 1. The first-order valence-electron chi connectivity index (χ1n) is 10.5. The molecule has 9 nitrogen and oxygen atoms in total. The lowest BCUT2D eigenvalue weighted by Crippen LogP contribution is -2.15. The molecular weight excluding hydrogens is 474 g/mol. The van der Waals surface area contributed by atoms with Crippen LogP contribution in [-0.4, -0.2) is 51.7 Å². The first-order valence-corrected chi connectivity index (χ1v) is 12.3. The third-order valence-electron chi connectivity index (χ3n) is 5.05. The molecule has 0 unspecified atom stereocenters.